The third kappa shape index (κ3) is 4.65. The lowest BCUT2D eigenvalue weighted by molar-refractivity contribution is 0.0733. The largest absolute Gasteiger partial charge is 0.328 e. The van der Waals surface area contributed by atoms with Crippen LogP contribution in [-0.2, 0) is 23.1 Å². The lowest BCUT2D eigenvalue weighted by Gasteiger charge is -2.22. The fourth-order valence-electron chi connectivity index (χ4n) is 2.81. The van der Waals surface area contributed by atoms with Crippen LogP contribution in [0.15, 0.2) is 52.1 Å². The van der Waals surface area contributed by atoms with Crippen molar-refractivity contribution in [3.05, 3.63) is 73.6 Å². The second-order valence-corrected chi connectivity index (χ2v) is 9.88. The first-order valence-electron chi connectivity index (χ1n) is 8.24. The van der Waals surface area contributed by atoms with Gasteiger partial charge in [-0.25, -0.2) is 13.6 Å². The van der Waals surface area contributed by atoms with Crippen molar-refractivity contribution in [3.63, 3.8) is 0 Å². The number of thiophene rings is 2. The monoisotopic (exact) mass is 420 g/mol. The van der Waals surface area contributed by atoms with Crippen LogP contribution in [0.5, 0.6) is 0 Å². The van der Waals surface area contributed by atoms with Crippen molar-refractivity contribution in [2.75, 3.05) is 0 Å². The van der Waals surface area contributed by atoms with Gasteiger partial charge in [0.25, 0.3) is 5.91 Å². The summed E-state index contributed by atoms with van der Waals surface area (Å²) in [4.78, 5) is 17.1. The zero-order chi connectivity index (χ0) is 19.6. The fraction of sp³-hybridized carbons (Fsp3) is 0.211. The topological polar surface area (TPSA) is 80.5 Å². The van der Waals surface area contributed by atoms with Crippen LogP contribution in [-0.4, -0.2) is 19.2 Å². The summed E-state index contributed by atoms with van der Waals surface area (Å²) in [5, 5.41) is 9.28. The minimum absolute atomic E-state index is 0.00181. The van der Waals surface area contributed by atoms with Gasteiger partial charge < -0.3 is 4.90 Å². The zero-order valence-electron chi connectivity index (χ0n) is 15.0. The van der Waals surface area contributed by atoms with Gasteiger partial charge in [-0.05, 0) is 60.0 Å². The molecule has 2 aromatic heterocycles. The van der Waals surface area contributed by atoms with Gasteiger partial charge in [0.2, 0.25) is 10.0 Å². The van der Waals surface area contributed by atoms with Gasteiger partial charge >= 0.3 is 0 Å². The van der Waals surface area contributed by atoms with Crippen molar-refractivity contribution in [1.29, 1.82) is 0 Å². The van der Waals surface area contributed by atoms with Crippen LogP contribution in [0.2, 0.25) is 0 Å². The summed E-state index contributed by atoms with van der Waals surface area (Å²) in [6.07, 6.45) is 0. The average Bonchev–Trinajstić information content (AvgIpc) is 3.28. The molecule has 0 atom stereocenters. The lowest BCUT2D eigenvalue weighted by Crippen LogP contribution is -2.30. The van der Waals surface area contributed by atoms with E-state index in [1.165, 1.54) is 6.07 Å². The predicted octanol–water partition coefficient (Wildman–Crippen LogP) is 3.92. The van der Waals surface area contributed by atoms with Gasteiger partial charge in [-0.3, -0.25) is 4.79 Å². The van der Waals surface area contributed by atoms with Crippen molar-refractivity contribution >= 4 is 38.6 Å². The third-order valence-corrected chi connectivity index (χ3v) is 7.07. The van der Waals surface area contributed by atoms with Crippen molar-refractivity contribution in [2.24, 2.45) is 5.14 Å². The van der Waals surface area contributed by atoms with Gasteiger partial charge in [-0.1, -0.05) is 12.1 Å². The third-order valence-electron chi connectivity index (χ3n) is 4.31. The highest BCUT2D eigenvalue weighted by Crippen LogP contribution is 2.24. The van der Waals surface area contributed by atoms with E-state index in [0.29, 0.717) is 24.2 Å². The maximum atomic E-state index is 13.2. The Labute approximate surface area is 167 Å². The lowest BCUT2D eigenvalue weighted by atomic mass is 10.1. The first-order valence-corrected chi connectivity index (χ1v) is 11.5. The summed E-state index contributed by atoms with van der Waals surface area (Å²) in [5.41, 5.74) is 1.62. The van der Waals surface area contributed by atoms with E-state index in [1.807, 2.05) is 35.0 Å². The number of rotatable bonds is 6. The van der Waals surface area contributed by atoms with E-state index in [-0.39, 0.29) is 10.8 Å². The van der Waals surface area contributed by atoms with Crippen LogP contribution in [0.4, 0.5) is 0 Å². The van der Waals surface area contributed by atoms with Crippen molar-refractivity contribution in [3.8, 4) is 0 Å². The van der Waals surface area contributed by atoms with Crippen LogP contribution in [0, 0.1) is 13.8 Å². The first-order chi connectivity index (χ1) is 12.8. The highest BCUT2D eigenvalue weighted by Gasteiger charge is 2.22. The van der Waals surface area contributed by atoms with Crippen molar-refractivity contribution < 1.29 is 13.2 Å². The van der Waals surface area contributed by atoms with Crippen molar-refractivity contribution in [2.45, 2.75) is 31.8 Å². The maximum absolute atomic E-state index is 13.2. The Balaban J connectivity index is 1.99. The molecule has 2 heterocycles. The maximum Gasteiger partial charge on any atom is 0.254 e. The molecule has 0 unspecified atom stereocenters. The molecule has 0 aliphatic heterocycles. The number of amides is 1. The van der Waals surface area contributed by atoms with E-state index < -0.39 is 10.0 Å². The molecule has 0 fully saturated rings. The molecule has 0 radical (unpaired) electrons. The van der Waals surface area contributed by atoms with Crippen LogP contribution in [0.1, 0.15) is 31.2 Å². The summed E-state index contributed by atoms with van der Waals surface area (Å²) < 4.78 is 23.8. The molecule has 0 bridgehead atoms. The molecule has 8 heteroatoms. The Morgan fingerprint density at radius 2 is 1.59 bits per heavy atom. The minimum atomic E-state index is -3.90. The van der Waals surface area contributed by atoms with E-state index in [0.717, 1.165) is 15.3 Å². The molecule has 142 valence electrons. The quantitative estimate of drug-likeness (QED) is 0.656. The molecular formula is C19H20N2O3S3. The molecule has 5 nitrogen and oxygen atoms in total. The van der Waals surface area contributed by atoms with E-state index >= 15 is 0 Å². The molecular weight excluding hydrogens is 400 g/mol. The van der Waals surface area contributed by atoms with Gasteiger partial charge in [-0.15, -0.1) is 22.7 Å². The van der Waals surface area contributed by atoms with Crippen LogP contribution in [0.3, 0.4) is 0 Å². The summed E-state index contributed by atoms with van der Waals surface area (Å²) in [6.45, 7) is 4.40. The highest BCUT2D eigenvalue weighted by atomic mass is 32.2. The number of carbonyl (C=O) groups excluding carboxylic acids is 1. The normalized spacial score (nSPS) is 11.5. The van der Waals surface area contributed by atoms with Crippen LogP contribution < -0.4 is 5.14 Å². The van der Waals surface area contributed by atoms with Gasteiger partial charge in [0, 0.05) is 15.3 Å². The number of carbonyl (C=O) groups is 1. The number of hydrogen-bond acceptors (Lipinski definition) is 5. The number of primary sulfonamides is 1. The highest BCUT2D eigenvalue weighted by molar-refractivity contribution is 7.89. The summed E-state index contributed by atoms with van der Waals surface area (Å²) in [5.74, 6) is -0.218. The van der Waals surface area contributed by atoms with Gasteiger partial charge in [0.05, 0.1) is 18.0 Å². The summed E-state index contributed by atoms with van der Waals surface area (Å²) >= 11 is 3.17. The van der Waals surface area contributed by atoms with Gasteiger partial charge in [0.15, 0.2) is 0 Å². The number of aryl methyl sites for hydroxylation is 1. The molecule has 0 saturated carbocycles. The predicted molar refractivity (Wildman–Crippen MR) is 110 cm³/mol. The smallest absolute Gasteiger partial charge is 0.254 e. The number of hydrogen-bond donors (Lipinski definition) is 1. The van der Waals surface area contributed by atoms with E-state index in [1.54, 1.807) is 47.5 Å². The molecule has 0 spiro atoms. The standard InChI is InChI=1S/C19H20N2O3S3/c1-13-9-15(10-18(14(13)2)27(20,23)24)19(22)21(11-16-5-3-7-25-16)12-17-6-4-8-26-17/h3-10H,11-12H2,1-2H3,(H2,20,23,24). The molecule has 1 aromatic carbocycles. The average molecular weight is 421 g/mol. The van der Waals surface area contributed by atoms with E-state index in [9.17, 15) is 13.2 Å². The SMILES string of the molecule is Cc1cc(C(=O)N(Cc2cccs2)Cc2cccs2)cc(S(N)(=O)=O)c1C. The first kappa shape index (κ1) is 19.8. The molecule has 1 amide bonds. The Bertz CT molecular complexity index is 1000. The Morgan fingerprint density at radius 3 is 2.04 bits per heavy atom. The number of nitrogens with two attached hydrogens (primary N) is 1. The van der Waals surface area contributed by atoms with Crippen LogP contribution in [0.25, 0.3) is 0 Å². The molecule has 2 N–H and O–H groups in total. The second-order valence-electron chi connectivity index (χ2n) is 6.28. The molecule has 0 aliphatic carbocycles. The molecule has 3 aromatic rings. The summed E-state index contributed by atoms with van der Waals surface area (Å²) in [6, 6.07) is 11.0. The van der Waals surface area contributed by atoms with Crippen LogP contribution >= 0.6 is 22.7 Å². The number of nitrogens with zero attached hydrogens (tertiary/aromatic N) is 1. The fourth-order valence-corrected chi connectivity index (χ4v) is 5.13. The number of benzene rings is 1. The molecule has 3 rings (SSSR count). The second kappa shape index (κ2) is 7.93. The number of sulfonamides is 1. The Hall–Kier alpha value is -2.00. The Morgan fingerprint density at radius 1 is 1.04 bits per heavy atom. The minimum Gasteiger partial charge on any atom is -0.328 e. The van der Waals surface area contributed by atoms with E-state index in [2.05, 4.69) is 0 Å². The summed E-state index contributed by atoms with van der Waals surface area (Å²) in [7, 11) is -3.90. The van der Waals surface area contributed by atoms with Gasteiger partial charge in [0.1, 0.15) is 0 Å². The molecule has 0 aliphatic rings. The van der Waals surface area contributed by atoms with Gasteiger partial charge in [-0.2, -0.15) is 0 Å². The van der Waals surface area contributed by atoms with E-state index in [4.69, 9.17) is 5.14 Å². The van der Waals surface area contributed by atoms with Crippen molar-refractivity contribution in [1.82, 2.24) is 4.90 Å². The zero-order valence-corrected chi connectivity index (χ0v) is 17.5. The Kier molecular flexibility index (Phi) is 5.81. The molecule has 27 heavy (non-hydrogen) atoms. The molecule has 0 saturated heterocycles.